The van der Waals surface area contributed by atoms with Gasteiger partial charge < -0.3 is 14.2 Å². The Hall–Kier alpha value is -5.48. The highest BCUT2D eigenvalue weighted by Gasteiger charge is 2.65. The summed E-state index contributed by atoms with van der Waals surface area (Å²) in [5.74, 6) is 0.180. The number of hydrogen-bond donors (Lipinski definition) is 0. The summed E-state index contributed by atoms with van der Waals surface area (Å²) in [6, 6.07) is 42.7. The number of rotatable bonds is 3. The molecule has 4 heteroatoms. The van der Waals surface area contributed by atoms with Crippen molar-refractivity contribution in [3.8, 4) is 0 Å². The van der Waals surface area contributed by atoms with E-state index in [0.29, 0.717) is 0 Å². The van der Waals surface area contributed by atoms with E-state index in [1.54, 1.807) is 5.56 Å². The minimum atomic E-state index is -0.152. The Morgan fingerprint density at radius 1 is 0.506 bits per heavy atom. The molecule has 4 aliphatic carbocycles. The summed E-state index contributed by atoms with van der Waals surface area (Å²) in [5.41, 5.74) is 26.9. The van der Waals surface area contributed by atoms with Crippen LogP contribution in [0, 0.1) is 17.8 Å². The molecule has 1 fully saturated rings. The minimum Gasteiger partial charge on any atom is -0.468 e. The average Bonchev–Trinajstić information content (AvgIpc) is 2.69. The van der Waals surface area contributed by atoms with Gasteiger partial charge in [-0.05, 0) is 204 Å². The largest absolute Gasteiger partial charge is 0.468 e. The minimum absolute atomic E-state index is 0.00609. The van der Waals surface area contributed by atoms with E-state index < -0.39 is 0 Å². The molecule has 0 amide bonds. The number of benzene rings is 6. The highest BCUT2D eigenvalue weighted by atomic mass is 16.3. The number of anilines is 6. The molecular formula is C75H91BN2O. The third-order valence-electron chi connectivity index (χ3n) is 22.4. The van der Waals surface area contributed by atoms with Crippen molar-refractivity contribution >= 4 is 68.4 Å². The molecule has 3 atom stereocenters. The van der Waals surface area contributed by atoms with Gasteiger partial charge >= 0.3 is 0 Å². The van der Waals surface area contributed by atoms with E-state index >= 15 is 0 Å². The maximum absolute atomic E-state index is 7.67. The summed E-state index contributed by atoms with van der Waals surface area (Å²) in [7, 11) is 0. The third kappa shape index (κ3) is 7.35. The van der Waals surface area contributed by atoms with Crippen LogP contribution in [0.25, 0.3) is 11.0 Å². The predicted molar refractivity (Wildman–Crippen MR) is 339 cm³/mol. The lowest BCUT2D eigenvalue weighted by Gasteiger charge is -2.58. The fraction of sp³-hybridized carbons (Fsp3) is 0.493. The Bertz CT molecular complexity index is 3710. The van der Waals surface area contributed by atoms with Gasteiger partial charge in [0.05, 0.1) is 11.3 Å². The molecule has 6 aromatic carbocycles. The molecule has 0 spiro atoms. The van der Waals surface area contributed by atoms with Crippen LogP contribution in [0.2, 0.25) is 0 Å². The van der Waals surface area contributed by atoms with E-state index in [0.717, 1.165) is 17.7 Å². The molecule has 0 saturated heterocycles. The number of aryl methyl sites for hydroxylation is 1. The SMILES string of the molecule is Cc1cc2c(cc1N1c3ccc(C(C)(C)C)cc3B3c4oc5ccc(C(C)(C)C)cc5c4N(c4ccc5c(c4)C(C)(C)CCC5(C)C)c4cc(C5c6ccccc6C6(C(C)(C)C)CCCCC56C)cc1c43)C(C)(C)CCC2(C)C. The lowest BCUT2D eigenvalue weighted by Crippen LogP contribution is -2.61. The Kier molecular flexibility index (Phi) is 11.1. The van der Waals surface area contributed by atoms with Crippen molar-refractivity contribution < 1.29 is 4.42 Å². The molecule has 1 aromatic heterocycles. The summed E-state index contributed by atoms with van der Waals surface area (Å²) >= 11 is 0. The van der Waals surface area contributed by atoms with Crippen molar-refractivity contribution in [3.63, 3.8) is 0 Å². The van der Waals surface area contributed by atoms with Crippen LogP contribution in [0.3, 0.4) is 0 Å². The van der Waals surface area contributed by atoms with Crippen molar-refractivity contribution in [2.45, 2.75) is 227 Å². The second-order valence-corrected chi connectivity index (χ2v) is 32.1. The van der Waals surface area contributed by atoms with Gasteiger partial charge in [0, 0.05) is 45.2 Å². The van der Waals surface area contributed by atoms with E-state index in [9.17, 15) is 0 Å². The lowest BCUT2D eigenvalue weighted by atomic mass is 9.35. The smallest absolute Gasteiger partial charge is 0.297 e. The third-order valence-corrected chi connectivity index (χ3v) is 22.4. The first-order valence-electron chi connectivity index (χ1n) is 30.7. The van der Waals surface area contributed by atoms with Crippen molar-refractivity contribution in [2.75, 3.05) is 9.80 Å². The topological polar surface area (TPSA) is 19.6 Å². The zero-order valence-electron chi connectivity index (χ0n) is 51.9. The lowest BCUT2D eigenvalue weighted by molar-refractivity contribution is -0.0101. The van der Waals surface area contributed by atoms with Crippen LogP contribution in [0.5, 0.6) is 0 Å². The molecule has 0 N–H and O–H groups in total. The first-order chi connectivity index (χ1) is 36.8. The summed E-state index contributed by atoms with van der Waals surface area (Å²) in [4.78, 5) is 5.49. The van der Waals surface area contributed by atoms with E-state index in [-0.39, 0.29) is 61.4 Å². The highest BCUT2D eigenvalue weighted by molar-refractivity contribution is 7.00. The standard InChI is InChI=1S/C75H91BN2O/c1-45-38-54-56(73(17,18)37-36-71(54,13)14)44-59(45)78-58-30-26-48(68(5,6)7)42-57(58)76-64-60(39-46(40-61(64)78)63-50-24-20-21-25-52(50)75(69(8,9)10)33-23-22-32-74(63,75)19)77(49-28-29-53-55(43-49)72(15,16)35-34-70(53,11)12)65-51-41-47(67(2,3)4)27-31-62(51)79-66(65)76/h20-21,24-31,38-44,63H,22-23,32-37H2,1-19H3. The maximum atomic E-state index is 7.67. The van der Waals surface area contributed by atoms with Gasteiger partial charge in [-0.25, -0.2) is 0 Å². The number of nitrogens with zero attached hydrogens (tertiary/aromatic N) is 2. The van der Waals surface area contributed by atoms with Gasteiger partial charge in [0.25, 0.3) is 6.71 Å². The Morgan fingerprint density at radius 2 is 1.08 bits per heavy atom. The van der Waals surface area contributed by atoms with Crippen LogP contribution in [0.15, 0.2) is 108 Å². The van der Waals surface area contributed by atoms with Gasteiger partial charge in [-0.1, -0.05) is 192 Å². The zero-order chi connectivity index (χ0) is 56.3. The number of hydrogen-bond acceptors (Lipinski definition) is 3. The van der Waals surface area contributed by atoms with Crippen LogP contribution < -0.4 is 26.4 Å². The molecule has 3 unspecified atom stereocenters. The van der Waals surface area contributed by atoms with E-state index in [2.05, 4.69) is 244 Å². The molecule has 13 rings (SSSR count). The van der Waals surface area contributed by atoms with Gasteiger partial charge in [-0.3, -0.25) is 0 Å². The second kappa shape index (κ2) is 16.6. The van der Waals surface area contributed by atoms with E-state index in [1.807, 2.05) is 0 Å². The monoisotopic (exact) mass is 1050 g/mol. The van der Waals surface area contributed by atoms with Gasteiger partial charge in [0.1, 0.15) is 5.58 Å². The van der Waals surface area contributed by atoms with E-state index in [1.165, 1.54) is 145 Å². The molecular weight excluding hydrogens is 956 g/mol. The van der Waals surface area contributed by atoms with Crippen molar-refractivity contribution in [2.24, 2.45) is 10.8 Å². The molecule has 7 aromatic rings. The predicted octanol–water partition coefficient (Wildman–Crippen LogP) is 19.1. The van der Waals surface area contributed by atoms with Gasteiger partial charge in [0.2, 0.25) is 0 Å². The van der Waals surface area contributed by atoms with Gasteiger partial charge in [-0.15, -0.1) is 0 Å². The van der Waals surface area contributed by atoms with Crippen molar-refractivity contribution in [1.29, 1.82) is 0 Å². The molecule has 410 valence electrons. The van der Waals surface area contributed by atoms with Crippen molar-refractivity contribution in [3.05, 3.63) is 159 Å². The number of furan rings is 1. The molecule has 79 heavy (non-hydrogen) atoms. The molecule has 6 aliphatic rings. The van der Waals surface area contributed by atoms with Crippen molar-refractivity contribution in [1.82, 2.24) is 0 Å². The number of fused-ring (bicyclic) bond motifs is 11. The fourth-order valence-corrected chi connectivity index (χ4v) is 17.7. The Balaban J connectivity index is 1.21. The molecule has 0 radical (unpaired) electrons. The molecule has 2 aliphatic heterocycles. The van der Waals surface area contributed by atoms with Crippen LogP contribution in [0.4, 0.5) is 34.1 Å². The first kappa shape index (κ1) is 52.9. The Morgan fingerprint density at radius 3 is 1.72 bits per heavy atom. The molecule has 1 saturated carbocycles. The van der Waals surface area contributed by atoms with Gasteiger partial charge in [0.15, 0.2) is 0 Å². The van der Waals surface area contributed by atoms with Crippen LogP contribution in [0.1, 0.15) is 238 Å². The average molecular weight is 1050 g/mol. The van der Waals surface area contributed by atoms with Crippen LogP contribution >= 0.6 is 0 Å². The maximum Gasteiger partial charge on any atom is 0.297 e. The summed E-state index contributed by atoms with van der Waals surface area (Å²) in [6.45, 7) is 46.7. The van der Waals surface area contributed by atoms with E-state index in [4.69, 9.17) is 4.42 Å². The molecule has 3 heterocycles. The summed E-state index contributed by atoms with van der Waals surface area (Å²) < 4.78 is 7.67. The fourth-order valence-electron chi connectivity index (χ4n) is 17.7. The highest BCUT2D eigenvalue weighted by Crippen LogP contribution is 2.72. The van der Waals surface area contributed by atoms with Crippen LogP contribution in [-0.4, -0.2) is 6.71 Å². The normalized spacial score (nSPS) is 24.0. The zero-order valence-corrected chi connectivity index (χ0v) is 51.9. The molecule has 0 bridgehead atoms. The quantitative estimate of drug-likeness (QED) is 0.164. The summed E-state index contributed by atoms with van der Waals surface area (Å²) in [5, 5.41) is 1.20. The van der Waals surface area contributed by atoms with Crippen LogP contribution in [-0.2, 0) is 37.9 Å². The molecule has 3 nitrogen and oxygen atoms in total. The first-order valence-corrected chi connectivity index (χ1v) is 30.7. The summed E-state index contributed by atoms with van der Waals surface area (Å²) in [6.07, 6.45) is 9.62. The van der Waals surface area contributed by atoms with Gasteiger partial charge in [-0.2, -0.15) is 0 Å². The Labute approximate surface area is 476 Å². The second-order valence-electron chi connectivity index (χ2n) is 32.1.